The standard InChI is InChI=1S/C73H134O6/c1-4-7-10-13-16-19-21-23-25-27-29-31-33-34-35-36-37-38-40-41-43-45-47-49-51-54-57-60-63-66-72(75)78-69-70(68-77-71(74)65-62-59-56-53-18-15-12-9-6-3)79-73(76)67-64-61-58-55-52-50-48-46-44-42-39-32-30-28-26-24-22-20-17-14-11-8-5-2/h22,24,27-30,39,42,70H,4-21,23,25-26,31-38,40-41,43-69H2,1-3H3/b24-22-,29-27-,30-28-,42-39-. The molecule has 6 heteroatoms. The second-order valence-electron chi connectivity index (χ2n) is 23.8. The fourth-order valence-electron chi connectivity index (χ4n) is 10.5. The van der Waals surface area contributed by atoms with Crippen molar-refractivity contribution in [2.45, 2.75) is 386 Å². The van der Waals surface area contributed by atoms with Crippen molar-refractivity contribution in [3.8, 4) is 0 Å². The van der Waals surface area contributed by atoms with Gasteiger partial charge in [0.1, 0.15) is 13.2 Å². The van der Waals surface area contributed by atoms with Gasteiger partial charge in [0.2, 0.25) is 0 Å². The summed E-state index contributed by atoms with van der Waals surface area (Å²) in [6, 6.07) is 0. The molecule has 0 bridgehead atoms. The minimum absolute atomic E-state index is 0.0717. The highest BCUT2D eigenvalue weighted by atomic mass is 16.6. The predicted octanol–water partition coefficient (Wildman–Crippen LogP) is 24.1. The fourth-order valence-corrected chi connectivity index (χ4v) is 10.5. The van der Waals surface area contributed by atoms with Crippen LogP contribution in [-0.2, 0) is 28.6 Å². The van der Waals surface area contributed by atoms with E-state index in [1.54, 1.807) is 0 Å². The van der Waals surface area contributed by atoms with Gasteiger partial charge in [-0.15, -0.1) is 0 Å². The van der Waals surface area contributed by atoms with Gasteiger partial charge in [-0.2, -0.15) is 0 Å². The maximum absolute atomic E-state index is 12.9. The highest BCUT2D eigenvalue weighted by Crippen LogP contribution is 2.18. The maximum atomic E-state index is 12.9. The third kappa shape index (κ3) is 66.1. The SMILES string of the molecule is CCCCCCC/C=C\C/C=C\C/C=C\CCCCCCCCCCC(=O)OC(COC(=O)CCCCCCCCCCC)COC(=O)CCCCCCCCCCCCCCCCCCC/C=C\CCCCCCCCCC. The lowest BCUT2D eigenvalue weighted by molar-refractivity contribution is -0.167. The van der Waals surface area contributed by atoms with Gasteiger partial charge in [0.05, 0.1) is 0 Å². The third-order valence-corrected chi connectivity index (χ3v) is 15.8. The van der Waals surface area contributed by atoms with E-state index in [2.05, 4.69) is 69.4 Å². The van der Waals surface area contributed by atoms with Crippen molar-refractivity contribution in [2.75, 3.05) is 13.2 Å². The molecule has 0 aromatic rings. The van der Waals surface area contributed by atoms with Gasteiger partial charge in [0.15, 0.2) is 6.10 Å². The number of allylic oxidation sites excluding steroid dienone is 8. The van der Waals surface area contributed by atoms with E-state index >= 15 is 0 Å². The molecule has 0 saturated carbocycles. The summed E-state index contributed by atoms with van der Waals surface area (Å²) in [5.74, 6) is -0.859. The van der Waals surface area contributed by atoms with E-state index in [1.807, 2.05) is 0 Å². The molecule has 6 nitrogen and oxygen atoms in total. The minimum Gasteiger partial charge on any atom is -0.462 e. The molecular formula is C73H134O6. The zero-order chi connectivity index (χ0) is 57.1. The van der Waals surface area contributed by atoms with E-state index in [-0.39, 0.29) is 31.1 Å². The van der Waals surface area contributed by atoms with Gasteiger partial charge in [-0.25, -0.2) is 0 Å². The van der Waals surface area contributed by atoms with Crippen LogP contribution in [0.25, 0.3) is 0 Å². The smallest absolute Gasteiger partial charge is 0.306 e. The van der Waals surface area contributed by atoms with Gasteiger partial charge in [0.25, 0.3) is 0 Å². The quantitative estimate of drug-likeness (QED) is 0.0261. The molecule has 0 rings (SSSR count). The monoisotopic (exact) mass is 1110 g/mol. The molecule has 79 heavy (non-hydrogen) atoms. The lowest BCUT2D eigenvalue weighted by Gasteiger charge is -2.18. The maximum Gasteiger partial charge on any atom is 0.306 e. The molecule has 0 aromatic carbocycles. The number of hydrogen-bond acceptors (Lipinski definition) is 6. The Hall–Kier alpha value is -2.63. The topological polar surface area (TPSA) is 78.9 Å². The van der Waals surface area contributed by atoms with Gasteiger partial charge < -0.3 is 14.2 Å². The van der Waals surface area contributed by atoms with Crippen molar-refractivity contribution in [2.24, 2.45) is 0 Å². The second kappa shape index (κ2) is 67.9. The Kier molecular flexibility index (Phi) is 65.6. The Labute approximate surface area is 492 Å². The lowest BCUT2D eigenvalue weighted by atomic mass is 10.0. The third-order valence-electron chi connectivity index (χ3n) is 15.8. The zero-order valence-corrected chi connectivity index (χ0v) is 53.2. The van der Waals surface area contributed by atoms with Crippen LogP contribution >= 0.6 is 0 Å². The van der Waals surface area contributed by atoms with Crippen molar-refractivity contribution in [1.29, 1.82) is 0 Å². The van der Waals surface area contributed by atoms with Gasteiger partial charge >= 0.3 is 17.9 Å². The van der Waals surface area contributed by atoms with Crippen molar-refractivity contribution < 1.29 is 28.6 Å². The van der Waals surface area contributed by atoms with Crippen LogP contribution < -0.4 is 0 Å². The normalized spacial score (nSPS) is 12.3. The van der Waals surface area contributed by atoms with E-state index in [4.69, 9.17) is 14.2 Å². The summed E-state index contributed by atoms with van der Waals surface area (Å²) in [6.45, 7) is 6.66. The average Bonchev–Trinajstić information content (AvgIpc) is 3.45. The molecule has 0 fully saturated rings. The molecule has 0 aromatic heterocycles. The van der Waals surface area contributed by atoms with Crippen LogP contribution in [0.1, 0.15) is 380 Å². The average molecular weight is 1110 g/mol. The molecule has 0 aliphatic carbocycles. The second-order valence-corrected chi connectivity index (χ2v) is 23.8. The Morgan fingerprint density at radius 1 is 0.253 bits per heavy atom. The Bertz CT molecular complexity index is 1360. The summed E-state index contributed by atoms with van der Waals surface area (Å²) >= 11 is 0. The molecule has 0 spiro atoms. The van der Waals surface area contributed by atoms with Crippen LogP contribution in [0, 0.1) is 0 Å². The van der Waals surface area contributed by atoms with Gasteiger partial charge in [-0.1, -0.05) is 326 Å². The van der Waals surface area contributed by atoms with Crippen LogP contribution in [0.15, 0.2) is 48.6 Å². The van der Waals surface area contributed by atoms with Crippen molar-refractivity contribution >= 4 is 17.9 Å². The molecule has 0 aliphatic heterocycles. The molecule has 1 atom stereocenters. The van der Waals surface area contributed by atoms with Gasteiger partial charge in [-0.3, -0.25) is 14.4 Å². The summed E-state index contributed by atoms with van der Waals surface area (Å²) in [5.41, 5.74) is 0. The molecular weight excluding hydrogens is 973 g/mol. The first kappa shape index (κ1) is 76.4. The number of unbranched alkanes of at least 4 members (excludes halogenated alkanes) is 46. The molecule has 0 radical (unpaired) electrons. The first-order valence-corrected chi connectivity index (χ1v) is 35.1. The molecule has 462 valence electrons. The summed E-state index contributed by atoms with van der Waals surface area (Å²) in [5, 5.41) is 0. The summed E-state index contributed by atoms with van der Waals surface area (Å²) in [7, 11) is 0. The highest BCUT2D eigenvalue weighted by Gasteiger charge is 2.19. The fraction of sp³-hybridized carbons (Fsp3) is 0.849. The van der Waals surface area contributed by atoms with Gasteiger partial charge in [-0.05, 0) is 83.5 Å². The van der Waals surface area contributed by atoms with E-state index in [0.29, 0.717) is 19.3 Å². The molecule has 0 heterocycles. The molecule has 0 aliphatic rings. The van der Waals surface area contributed by atoms with E-state index < -0.39 is 6.10 Å². The lowest BCUT2D eigenvalue weighted by Crippen LogP contribution is -2.30. The molecule has 1 unspecified atom stereocenters. The van der Waals surface area contributed by atoms with E-state index in [1.165, 1.54) is 263 Å². The number of rotatable bonds is 65. The summed E-state index contributed by atoms with van der Waals surface area (Å²) in [4.78, 5) is 38.3. The van der Waals surface area contributed by atoms with Crippen molar-refractivity contribution in [3.63, 3.8) is 0 Å². The zero-order valence-electron chi connectivity index (χ0n) is 53.2. The number of carbonyl (C=O) groups is 3. The number of carbonyl (C=O) groups excluding carboxylic acids is 3. The van der Waals surface area contributed by atoms with Crippen molar-refractivity contribution in [1.82, 2.24) is 0 Å². The summed E-state index contributed by atoms with van der Waals surface area (Å²) in [6.07, 6.45) is 85.8. The van der Waals surface area contributed by atoms with Crippen LogP contribution in [0.5, 0.6) is 0 Å². The molecule has 0 N–H and O–H groups in total. The first-order valence-electron chi connectivity index (χ1n) is 35.1. The Morgan fingerprint density at radius 2 is 0.456 bits per heavy atom. The largest absolute Gasteiger partial charge is 0.462 e. The van der Waals surface area contributed by atoms with Gasteiger partial charge in [0, 0.05) is 19.3 Å². The van der Waals surface area contributed by atoms with Crippen LogP contribution in [0.4, 0.5) is 0 Å². The molecule has 0 amide bonds. The number of ether oxygens (including phenoxy) is 3. The minimum atomic E-state index is -0.775. The summed E-state index contributed by atoms with van der Waals surface area (Å²) < 4.78 is 16.9. The van der Waals surface area contributed by atoms with Crippen LogP contribution in [0.2, 0.25) is 0 Å². The number of hydrogen-bond donors (Lipinski definition) is 0. The Balaban J connectivity index is 4.12. The van der Waals surface area contributed by atoms with Crippen molar-refractivity contribution in [3.05, 3.63) is 48.6 Å². The first-order chi connectivity index (χ1) is 39.0. The van der Waals surface area contributed by atoms with Crippen LogP contribution in [-0.4, -0.2) is 37.2 Å². The van der Waals surface area contributed by atoms with Crippen LogP contribution in [0.3, 0.4) is 0 Å². The highest BCUT2D eigenvalue weighted by molar-refractivity contribution is 5.71. The van der Waals surface area contributed by atoms with E-state index in [9.17, 15) is 14.4 Å². The molecule has 0 saturated heterocycles. The van der Waals surface area contributed by atoms with E-state index in [0.717, 1.165) is 77.0 Å². The number of esters is 3. The predicted molar refractivity (Wildman–Crippen MR) is 344 cm³/mol. The Morgan fingerprint density at radius 3 is 0.722 bits per heavy atom.